The Balaban J connectivity index is 1.75. The fourth-order valence-electron chi connectivity index (χ4n) is 1.81. The van der Waals surface area contributed by atoms with E-state index in [1.54, 1.807) is 18.4 Å². The van der Waals surface area contributed by atoms with Crippen molar-refractivity contribution in [2.24, 2.45) is 0 Å². The fourth-order valence-corrected chi connectivity index (χ4v) is 3.48. The molecule has 4 heteroatoms. The van der Waals surface area contributed by atoms with Crippen LogP contribution in [0, 0.1) is 0 Å². The minimum absolute atomic E-state index is 0.429. The number of thioether (sulfide) groups is 1. The normalized spacial score (nSPS) is 12.3. The van der Waals surface area contributed by atoms with E-state index in [9.17, 15) is 0 Å². The van der Waals surface area contributed by atoms with Gasteiger partial charge >= 0.3 is 0 Å². The van der Waals surface area contributed by atoms with E-state index in [0.717, 1.165) is 18.0 Å². The lowest BCUT2D eigenvalue weighted by molar-refractivity contribution is 0.405. The van der Waals surface area contributed by atoms with E-state index >= 15 is 0 Å². The highest BCUT2D eigenvalue weighted by Gasteiger charge is 2.06. The summed E-state index contributed by atoms with van der Waals surface area (Å²) in [5.74, 6) is 2.00. The van der Waals surface area contributed by atoms with Gasteiger partial charge in [0.25, 0.3) is 0 Å². The molecule has 2 rings (SSSR count). The average Bonchev–Trinajstić information content (AvgIpc) is 2.98. The van der Waals surface area contributed by atoms with Crippen LogP contribution in [0.5, 0.6) is 5.75 Å². The lowest BCUT2D eigenvalue weighted by Crippen LogP contribution is -2.20. The van der Waals surface area contributed by atoms with Crippen LogP contribution < -0.4 is 10.1 Å². The van der Waals surface area contributed by atoms with Gasteiger partial charge in [-0.2, -0.15) is 0 Å². The number of nitrogens with one attached hydrogen (secondary N) is 1. The molecule has 1 unspecified atom stereocenters. The Morgan fingerprint density at radius 1 is 1.26 bits per heavy atom. The van der Waals surface area contributed by atoms with Gasteiger partial charge in [-0.05, 0) is 30.5 Å². The van der Waals surface area contributed by atoms with Gasteiger partial charge in [0.15, 0.2) is 0 Å². The maximum absolute atomic E-state index is 5.34. The first kappa shape index (κ1) is 14.4. The number of hydrogen-bond acceptors (Lipinski definition) is 4. The van der Waals surface area contributed by atoms with Gasteiger partial charge in [0.2, 0.25) is 0 Å². The highest BCUT2D eigenvalue weighted by atomic mass is 32.2. The Labute approximate surface area is 123 Å². The van der Waals surface area contributed by atoms with Crippen molar-refractivity contribution < 1.29 is 4.74 Å². The third kappa shape index (κ3) is 4.27. The standard InChI is InChI=1S/C15H19NOS2/c1-12(14-8-5-10-18-14)16-9-11-19-15-7-4-3-6-13(15)17-2/h3-8,10,12,16H,9,11H2,1-2H3. The van der Waals surface area contributed by atoms with Crippen LogP contribution in [0.2, 0.25) is 0 Å². The van der Waals surface area contributed by atoms with Gasteiger partial charge in [0.05, 0.1) is 7.11 Å². The topological polar surface area (TPSA) is 21.3 Å². The zero-order valence-corrected chi connectivity index (χ0v) is 12.9. The first-order chi connectivity index (χ1) is 9.31. The van der Waals surface area contributed by atoms with Gasteiger partial charge in [-0.3, -0.25) is 0 Å². The van der Waals surface area contributed by atoms with E-state index in [0.29, 0.717) is 6.04 Å². The van der Waals surface area contributed by atoms with E-state index in [1.807, 2.05) is 30.0 Å². The molecular weight excluding hydrogens is 274 g/mol. The number of rotatable bonds is 7. The Bertz CT molecular complexity index is 485. The Hall–Kier alpha value is -0.970. The zero-order chi connectivity index (χ0) is 13.5. The van der Waals surface area contributed by atoms with Gasteiger partial charge in [0, 0.05) is 28.1 Å². The molecule has 0 fully saturated rings. The summed E-state index contributed by atoms with van der Waals surface area (Å²) in [6, 6.07) is 12.9. The molecule has 19 heavy (non-hydrogen) atoms. The van der Waals surface area contributed by atoms with Gasteiger partial charge in [-0.25, -0.2) is 0 Å². The first-order valence-corrected chi connectivity index (χ1v) is 8.20. The van der Waals surface area contributed by atoms with E-state index in [1.165, 1.54) is 9.77 Å². The molecule has 0 aliphatic carbocycles. The Morgan fingerprint density at radius 3 is 2.84 bits per heavy atom. The van der Waals surface area contributed by atoms with Crippen molar-refractivity contribution in [1.82, 2.24) is 5.32 Å². The van der Waals surface area contributed by atoms with E-state index < -0.39 is 0 Å². The molecule has 2 aromatic rings. The van der Waals surface area contributed by atoms with E-state index in [2.05, 4.69) is 35.8 Å². The van der Waals surface area contributed by atoms with Crippen molar-refractivity contribution in [3.8, 4) is 5.75 Å². The maximum atomic E-state index is 5.34. The molecule has 2 nitrogen and oxygen atoms in total. The summed E-state index contributed by atoms with van der Waals surface area (Å²) >= 11 is 3.63. The number of ether oxygens (including phenoxy) is 1. The molecule has 1 aromatic heterocycles. The SMILES string of the molecule is COc1ccccc1SCCNC(C)c1cccs1. The molecule has 0 aliphatic rings. The molecule has 0 spiro atoms. The summed E-state index contributed by atoms with van der Waals surface area (Å²) in [6.07, 6.45) is 0. The van der Waals surface area contributed by atoms with E-state index in [4.69, 9.17) is 4.74 Å². The minimum atomic E-state index is 0.429. The number of methoxy groups -OCH3 is 1. The lowest BCUT2D eigenvalue weighted by Gasteiger charge is -2.12. The van der Waals surface area contributed by atoms with Crippen molar-refractivity contribution in [2.45, 2.75) is 17.9 Å². The third-order valence-corrected chi connectivity index (χ3v) is 4.96. The molecule has 1 heterocycles. The average molecular weight is 293 g/mol. The molecule has 0 amide bonds. The smallest absolute Gasteiger partial charge is 0.132 e. The molecular formula is C15H19NOS2. The maximum Gasteiger partial charge on any atom is 0.132 e. The van der Waals surface area contributed by atoms with Gasteiger partial charge in [-0.15, -0.1) is 23.1 Å². The van der Waals surface area contributed by atoms with Crippen molar-refractivity contribution >= 4 is 23.1 Å². The van der Waals surface area contributed by atoms with Crippen molar-refractivity contribution in [2.75, 3.05) is 19.4 Å². The highest BCUT2D eigenvalue weighted by Crippen LogP contribution is 2.28. The fraction of sp³-hybridized carbons (Fsp3) is 0.333. The minimum Gasteiger partial charge on any atom is -0.496 e. The second kappa shape index (κ2) is 7.58. The summed E-state index contributed by atoms with van der Waals surface area (Å²) in [6.45, 7) is 3.20. The largest absolute Gasteiger partial charge is 0.496 e. The Kier molecular flexibility index (Phi) is 5.76. The molecule has 102 valence electrons. The summed E-state index contributed by atoms with van der Waals surface area (Å²) in [7, 11) is 1.72. The van der Waals surface area contributed by atoms with Gasteiger partial charge in [-0.1, -0.05) is 18.2 Å². The first-order valence-electron chi connectivity index (χ1n) is 6.34. The molecule has 0 saturated carbocycles. The third-order valence-electron chi connectivity index (χ3n) is 2.85. The van der Waals surface area contributed by atoms with Crippen LogP contribution >= 0.6 is 23.1 Å². The summed E-state index contributed by atoms with van der Waals surface area (Å²) in [5.41, 5.74) is 0. The van der Waals surface area contributed by atoms with Gasteiger partial charge < -0.3 is 10.1 Å². The zero-order valence-electron chi connectivity index (χ0n) is 11.3. The van der Waals surface area contributed by atoms with Crippen molar-refractivity contribution in [3.05, 3.63) is 46.7 Å². The predicted octanol–water partition coefficient (Wildman–Crippen LogP) is 4.20. The number of para-hydroxylation sites is 1. The summed E-state index contributed by atoms with van der Waals surface area (Å²) in [5, 5.41) is 5.66. The quantitative estimate of drug-likeness (QED) is 0.610. The molecule has 0 saturated heterocycles. The Morgan fingerprint density at radius 2 is 2.11 bits per heavy atom. The second-order valence-corrected chi connectivity index (χ2v) is 6.31. The van der Waals surface area contributed by atoms with Crippen LogP contribution in [0.1, 0.15) is 17.8 Å². The number of hydrogen-bond donors (Lipinski definition) is 1. The lowest BCUT2D eigenvalue weighted by atomic mass is 10.3. The number of benzene rings is 1. The number of thiophene rings is 1. The summed E-state index contributed by atoms with van der Waals surface area (Å²) < 4.78 is 5.34. The van der Waals surface area contributed by atoms with Crippen molar-refractivity contribution in [1.29, 1.82) is 0 Å². The van der Waals surface area contributed by atoms with Crippen LogP contribution in [-0.2, 0) is 0 Å². The molecule has 1 aromatic carbocycles. The van der Waals surface area contributed by atoms with Crippen LogP contribution in [0.3, 0.4) is 0 Å². The van der Waals surface area contributed by atoms with Crippen LogP contribution in [0.25, 0.3) is 0 Å². The van der Waals surface area contributed by atoms with Gasteiger partial charge in [0.1, 0.15) is 5.75 Å². The summed E-state index contributed by atoms with van der Waals surface area (Å²) in [4.78, 5) is 2.60. The molecule has 1 atom stereocenters. The van der Waals surface area contributed by atoms with Crippen LogP contribution in [-0.4, -0.2) is 19.4 Å². The van der Waals surface area contributed by atoms with Crippen molar-refractivity contribution in [3.63, 3.8) is 0 Å². The van der Waals surface area contributed by atoms with Crippen LogP contribution in [0.15, 0.2) is 46.7 Å². The molecule has 0 aliphatic heterocycles. The second-order valence-electron chi connectivity index (χ2n) is 4.19. The van der Waals surface area contributed by atoms with Crippen LogP contribution in [0.4, 0.5) is 0 Å². The monoisotopic (exact) mass is 293 g/mol. The molecule has 0 bridgehead atoms. The molecule has 1 N–H and O–H groups in total. The molecule has 0 radical (unpaired) electrons. The highest BCUT2D eigenvalue weighted by molar-refractivity contribution is 7.99. The van der Waals surface area contributed by atoms with E-state index in [-0.39, 0.29) is 0 Å². The predicted molar refractivity (Wildman–Crippen MR) is 84.5 cm³/mol.